The zero-order chi connectivity index (χ0) is 21.6. The van der Waals surface area contributed by atoms with Crippen molar-refractivity contribution in [3.8, 4) is 0 Å². The van der Waals surface area contributed by atoms with Crippen LogP contribution in [0.25, 0.3) is 10.1 Å². The number of hydrogen-bond acceptors (Lipinski definition) is 5. The maximum absolute atomic E-state index is 13.3. The van der Waals surface area contributed by atoms with E-state index >= 15 is 0 Å². The van der Waals surface area contributed by atoms with Gasteiger partial charge in [0, 0.05) is 53.4 Å². The van der Waals surface area contributed by atoms with Gasteiger partial charge in [0.15, 0.2) is 0 Å². The van der Waals surface area contributed by atoms with Gasteiger partial charge in [-0.1, -0.05) is 24.3 Å². The Bertz CT molecular complexity index is 1210. The Morgan fingerprint density at radius 1 is 1.03 bits per heavy atom. The summed E-state index contributed by atoms with van der Waals surface area (Å²) in [6, 6.07) is 12.1. The Morgan fingerprint density at radius 3 is 2.61 bits per heavy atom. The molecule has 31 heavy (non-hydrogen) atoms. The van der Waals surface area contributed by atoms with Crippen molar-refractivity contribution in [1.29, 1.82) is 0 Å². The summed E-state index contributed by atoms with van der Waals surface area (Å²) in [5.41, 5.74) is 5.35. The van der Waals surface area contributed by atoms with E-state index in [1.54, 1.807) is 5.38 Å². The fourth-order valence-electron chi connectivity index (χ4n) is 4.93. The third-order valence-electron chi connectivity index (χ3n) is 6.73. The van der Waals surface area contributed by atoms with Gasteiger partial charge in [0.2, 0.25) is 10.0 Å². The summed E-state index contributed by atoms with van der Waals surface area (Å²) in [4.78, 5) is 5.24. The number of fused-ring (bicyclic) bond motifs is 2. The van der Waals surface area contributed by atoms with Crippen LogP contribution in [-0.2, 0) is 22.9 Å². The molecule has 164 valence electrons. The summed E-state index contributed by atoms with van der Waals surface area (Å²) in [6.07, 6.45) is 2.50. The molecule has 1 aliphatic heterocycles. The van der Waals surface area contributed by atoms with Gasteiger partial charge in [-0.25, -0.2) is 13.1 Å². The monoisotopic (exact) mass is 455 g/mol. The lowest BCUT2D eigenvalue weighted by atomic mass is 9.84. The highest BCUT2D eigenvalue weighted by Gasteiger charge is 2.29. The van der Waals surface area contributed by atoms with E-state index in [-0.39, 0.29) is 6.04 Å². The van der Waals surface area contributed by atoms with E-state index in [9.17, 15) is 8.42 Å². The van der Waals surface area contributed by atoms with E-state index in [0.717, 1.165) is 55.5 Å². The predicted molar refractivity (Wildman–Crippen MR) is 129 cm³/mol. The van der Waals surface area contributed by atoms with Crippen LogP contribution in [-0.4, -0.2) is 52.6 Å². The highest BCUT2D eigenvalue weighted by molar-refractivity contribution is 7.90. The van der Waals surface area contributed by atoms with Crippen LogP contribution in [0.3, 0.4) is 0 Å². The van der Waals surface area contributed by atoms with Crippen molar-refractivity contribution in [1.82, 2.24) is 9.62 Å². The third-order valence-corrected chi connectivity index (χ3v) is 9.41. The molecular weight excluding hydrogens is 426 g/mol. The number of hydrogen-bond donors (Lipinski definition) is 1. The molecule has 2 aromatic carbocycles. The van der Waals surface area contributed by atoms with Crippen molar-refractivity contribution in [3.05, 3.63) is 58.5 Å². The molecule has 5 nitrogen and oxygen atoms in total. The molecule has 1 atom stereocenters. The smallest absolute Gasteiger partial charge is 0.242 e. The quantitative estimate of drug-likeness (QED) is 0.650. The zero-order valence-corrected chi connectivity index (χ0v) is 19.7. The fraction of sp³-hybridized carbons (Fsp3) is 0.417. The van der Waals surface area contributed by atoms with Crippen LogP contribution in [0, 0.1) is 6.92 Å². The van der Waals surface area contributed by atoms with Crippen molar-refractivity contribution in [2.24, 2.45) is 0 Å². The molecule has 5 rings (SSSR count). The lowest BCUT2D eigenvalue weighted by molar-refractivity contribution is 0.312. The Balaban J connectivity index is 1.42. The molecule has 0 saturated carbocycles. The Morgan fingerprint density at radius 2 is 1.81 bits per heavy atom. The molecule has 1 saturated heterocycles. The van der Waals surface area contributed by atoms with Gasteiger partial charge in [-0.15, -0.1) is 11.3 Å². The van der Waals surface area contributed by atoms with Crippen LogP contribution in [0.15, 0.2) is 46.7 Å². The SMILES string of the molecule is Cc1ccc(N2CCN(C)CC2)c2c1CC[C@@H](NS(=O)(=O)c1csc3ccccc13)C2. The molecule has 2 aliphatic rings. The number of nitrogens with one attached hydrogen (secondary N) is 1. The molecule has 0 amide bonds. The number of sulfonamides is 1. The number of piperazine rings is 1. The van der Waals surface area contributed by atoms with Crippen molar-refractivity contribution in [2.45, 2.75) is 37.1 Å². The Kier molecular flexibility index (Phi) is 5.54. The summed E-state index contributed by atoms with van der Waals surface area (Å²) >= 11 is 1.48. The minimum atomic E-state index is -3.56. The largest absolute Gasteiger partial charge is 0.369 e. The van der Waals surface area contributed by atoms with Gasteiger partial charge >= 0.3 is 0 Å². The lowest BCUT2D eigenvalue weighted by Gasteiger charge is -2.37. The first-order valence-electron chi connectivity index (χ1n) is 11.0. The molecule has 3 aromatic rings. The number of likely N-dealkylation sites (N-methyl/N-ethyl adjacent to an activating group) is 1. The molecular formula is C24H29N3O2S2. The molecule has 1 fully saturated rings. The van der Waals surface area contributed by atoms with E-state index in [4.69, 9.17) is 0 Å². The highest BCUT2D eigenvalue weighted by atomic mass is 32.2. The summed E-state index contributed by atoms with van der Waals surface area (Å²) < 4.78 is 30.6. The van der Waals surface area contributed by atoms with E-state index in [0.29, 0.717) is 4.90 Å². The average molecular weight is 456 g/mol. The minimum Gasteiger partial charge on any atom is -0.369 e. The van der Waals surface area contributed by atoms with Crippen molar-refractivity contribution in [2.75, 3.05) is 38.1 Å². The van der Waals surface area contributed by atoms with Crippen LogP contribution < -0.4 is 9.62 Å². The highest BCUT2D eigenvalue weighted by Crippen LogP contribution is 2.35. The van der Waals surface area contributed by atoms with Crippen LogP contribution in [0.1, 0.15) is 23.1 Å². The number of anilines is 1. The lowest BCUT2D eigenvalue weighted by Crippen LogP contribution is -2.45. The third kappa shape index (κ3) is 4.00. The Hall–Kier alpha value is -1.93. The second kappa shape index (κ2) is 8.20. The van der Waals surface area contributed by atoms with Crippen molar-refractivity contribution in [3.63, 3.8) is 0 Å². The van der Waals surface area contributed by atoms with Gasteiger partial charge < -0.3 is 9.80 Å². The summed E-state index contributed by atoms with van der Waals surface area (Å²) in [5.74, 6) is 0. The normalized spacial score (nSPS) is 20.2. The summed E-state index contributed by atoms with van der Waals surface area (Å²) in [5, 5.41) is 2.58. The van der Waals surface area contributed by atoms with Crippen LogP contribution in [0.4, 0.5) is 5.69 Å². The first kappa shape index (κ1) is 20.9. The van der Waals surface area contributed by atoms with Crippen LogP contribution in [0.5, 0.6) is 0 Å². The molecule has 1 aromatic heterocycles. The number of thiophene rings is 1. The fourth-order valence-corrected chi connectivity index (χ4v) is 7.70. The van der Waals surface area contributed by atoms with E-state index in [2.05, 4.69) is 40.6 Å². The van der Waals surface area contributed by atoms with Gasteiger partial charge in [-0.3, -0.25) is 0 Å². The van der Waals surface area contributed by atoms with E-state index < -0.39 is 10.0 Å². The van der Waals surface area contributed by atoms with Gasteiger partial charge in [-0.2, -0.15) is 0 Å². The van der Waals surface area contributed by atoms with E-state index in [1.165, 1.54) is 33.7 Å². The average Bonchev–Trinajstić information content (AvgIpc) is 3.20. The molecule has 0 unspecified atom stereocenters. The van der Waals surface area contributed by atoms with Gasteiger partial charge in [0.1, 0.15) is 4.90 Å². The van der Waals surface area contributed by atoms with Gasteiger partial charge in [-0.05, 0) is 62.1 Å². The summed E-state index contributed by atoms with van der Waals surface area (Å²) in [7, 11) is -1.39. The Labute approximate surface area is 188 Å². The second-order valence-corrected chi connectivity index (χ2v) is 11.4. The molecule has 2 heterocycles. The van der Waals surface area contributed by atoms with Crippen molar-refractivity contribution >= 4 is 37.1 Å². The number of benzene rings is 2. The zero-order valence-electron chi connectivity index (χ0n) is 18.1. The predicted octanol–water partition coefficient (Wildman–Crippen LogP) is 3.80. The second-order valence-electron chi connectivity index (χ2n) is 8.81. The first-order valence-corrected chi connectivity index (χ1v) is 13.3. The molecule has 0 spiro atoms. The molecule has 1 N–H and O–H groups in total. The number of aryl methyl sites for hydroxylation is 1. The molecule has 0 bridgehead atoms. The minimum absolute atomic E-state index is 0.0795. The first-order chi connectivity index (χ1) is 14.9. The molecule has 1 aliphatic carbocycles. The van der Waals surface area contributed by atoms with Crippen LogP contribution in [0.2, 0.25) is 0 Å². The molecule has 7 heteroatoms. The number of rotatable bonds is 4. The van der Waals surface area contributed by atoms with Crippen molar-refractivity contribution < 1.29 is 8.42 Å². The maximum atomic E-state index is 13.3. The van der Waals surface area contributed by atoms with E-state index in [1.807, 2.05) is 24.3 Å². The topological polar surface area (TPSA) is 52.6 Å². The number of nitrogens with zero attached hydrogens (tertiary/aromatic N) is 2. The standard InChI is InChI=1S/C24H29N3O2S2/c1-17-7-10-22(27-13-11-26(2)12-14-27)21-15-18(8-9-19(17)21)25-31(28,29)24-16-30-23-6-4-3-5-20(23)24/h3-7,10,16,18,25H,8-9,11-15H2,1-2H3/t18-/m1/s1. The van der Waals surface area contributed by atoms with Gasteiger partial charge in [0.05, 0.1) is 0 Å². The van der Waals surface area contributed by atoms with Crippen LogP contribution >= 0.6 is 11.3 Å². The van der Waals surface area contributed by atoms with Gasteiger partial charge in [0.25, 0.3) is 0 Å². The molecule has 0 radical (unpaired) electrons. The maximum Gasteiger partial charge on any atom is 0.242 e. The summed E-state index contributed by atoms with van der Waals surface area (Å²) in [6.45, 7) is 6.33.